The Labute approximate surface area is 518 Å². The van der Waals surface area contributed by atoms with Gasteiger partial charge in [0.15, 0.2) is 0 Å². The quantitative estimate of drug-likeness (QED) is 0.0764. The van der Waals surface area contributed by atoms with Gasteiger partial charge in [0.2, 0.25) is 5.91 Å². The largest absolute Gasteiger partial charge is 0.379 e. The molecule has 0 saturated carbocycles. The fourth-order valence-electron chi connectivity index (χ4n) is 6.69. The molecule has 0 saturated heterocycles. The third kappa shape index (κ3) is 75.0. The van der Waals surface area contributed by atoms with Crippen LogP contribution in [-0.4, -0.2) is 328 Å². The Balaban J connectivity index is 3.16. The minimum Gasteiger partial charge on any atom is -0.379 e. The van der Waals surface area contributed by atoms with E-state index in [-0.39, 0.29) is 5.91 Å². The Kier molecular flexibility index (Phi) is 74.7. The molecule has 0 radical (unpaired) electrons. The van der Waals surface area contributed by atoms with E-state index in [1.165, 1.54) is 0 Å². The molecule has 516 valence electrons. The van der Waals surface area contributed by atoms with Crippen molar-refractivity contribution in [2.75, 3.05) is 317 Å². The highest BCUT2D eigenvalue weighted by atomic mass is 16.6. The van der Waals surface area contributed by atoms with Crippen LogP contribution in [0.25, 0.3) is 0 Å². The molecule has 86 heavy (non-hydrogen) atoms. The predicted molar refractivity (Wildman–Crippen MR) is 324 cm³/mol. The lowest BCUT2D eigenvalue weighted by atomic mass is 10.1. The van der Waals surface area contributed by atoms with Gasteiger partial charge in [0.1, 0.15) is 0 Å². The Hall–Kier alpha value is -1.45. The maximum absolute atomic E-state index is 12.7. The molecule has 0 spiro atoms. The van der Waals surface area contributed by atoms with E-state index in [2.05, 4.69) is 34.6 Å². The second-order valence-corrected chi connectivity index (χ2v) is 19.9. The van der Waals surface area contributed by atoms with E-state index in [0.29, 0.717) is 316 Å². The molecule has 0 rings (SSSR count). The molecule has 0 aliphatic carbocycles. The molecule has 0 fully saturated rings. The molecule has 0 aromatic heterocycles. The molecule has 25 heteroatoms. The fourth-order valence-corrected chi connectivity index (χ4v) is 6.69. The maximum atomic E-state index is 12.7. The van der Waals surface area contributed by atoms with Crippen molar-refractivity contribution in [3.8, 4) is 0 Å². The zero-order chi connectivity index (χ0) is 62.0. The number of unbranched alkanes of at least 4 members (excludes halogenated alkanes) is 1. The van der Waals surface area contributed by atoms with Crippen LogP contribution < -0.4 is 0 Å². The molecular formula is C61H123NO24. The molecule has 0 atom stereocenters. The van der Waals surface area contributed by atoms with Gasteiger partial charge in [-0.1, -0.05) is 41.0 Å². The van der Waals surface area contributed by atoms with Crippen LogP contribution in [0.15, 0.2) is 0 Å². The monoisotopic (exact) mass is 1250 g/mol. The van der Waals surface area contributed by atoms with E-state index in [9.17, 15) is 4.79 Å². The molecule has 0 aliphatic heterocycles. The van der Waals surface area contributed by atoms with Crippen molar-refractivity contribution < 1.29 is 114 Å². The first kappa shape index (κ1) is 84.5. The van der Waals surface area contributed by atoms with E-state index in [4.69, 9.17) is 109 Å². The normalized spacial score (nSPS) is 11.8. The summed E-state index contributed by atoms with van der Waals surface area (Å²) in [4.78, 5) is 14.7. The number of hydrogen-bond donors (Lipinski definition) is 0. The number of carbonyl (C=O) groups excluding carboxylic acids is 1. The van der Waals surface area contributed by atoms with Crippen molar-refractivity contribution in [1.82, 2.24) is 4.90 Å². The fraction of sp³-hybridized carbons (Fsp3) is 0.984. The topological polar surface area (TPSA) is 233 Å². The number of rotatable bonds is 78. The minimum atomic E-state index is 0.169. The minimum absolute atomic E-state index is 0.169. The SMILES string of the molecule is CCCCOCCOCCOCCOCCOCCOCCOCCOCCOCCOCCOCCOCCOCCOCCOCCOCCOCCOCCOCCOCCOCCOCCOCCC(=O)N(CCC(C)C)CCC(C)C. The lowest BCUT2D eigenvalue weighted by Gasteiger charge is -2.24. The van der Waals surface area contributed by atoms with Gasteiger partial charge < -0.3 is 114 Å². The van der Waals surface area contributed by atoms with Crippen LogP contribution in [0.5, 0.6) is 0 Å². The molecule has 0 unspecified atom stereocenters. The molecular weight excluding hydrogens is 1130 g/mol. The van der Waals surface area contributed by atoms with Gasteiger partial charge in [-0.15, -0.1) is 0 Å². The highest BCUT2D eigenvalue weighted by Gasteiger charge is 2.14. The van der Waals surface area contributed by atoms with E-state index in [0.717, 1.165) is 45.4 Å². The summed E-state index contributed by atoms with van der Waals surface area (Å²) in [6, 6.07) is 0. The highest BCUT2D eigenvalue weighted by molar-refractivity contribution is 5.76. The van der Waals surface area contributed by atoms with Gasteiger partial charge in [0.25, 0.3) is 0 Å². The van der Waals surface area contributed by atoms with Crippen molar-refractivity contribution in [3.63, 3.8) is 0 Å². The molecule has 25 nitrogen and oxygen atoms in total. The van der Waals surface area contributed by atoms with Crippen LogP contribution in [-0.2, 0) is 114 Å². The Morgan fingerprint density at radius 1 is 0.233 bits per heavy atom. The molecule has 0 N–H and O–H groups in total. The summed E-state index contributed by atoms with van der Waals surface area (Å²) in [5.41, 5.74) is 0. The molecule has 0 aromatic carbocycles. The van der Waals surface area contributed by atoms with E-state index < -0.39 is 0 Å². The first-order valence-electron chi connectivity index (χ1n) is 32.0. The Bertz CT molecular complexity index is 1250. The highest BCUT2D eigenvalue weighted by Crippen LogP contribution is 2.08. The predicted octanol–water partition coefficient (Wildman–Crippen LogP) is 4.48. The second kappa shape index (κ2) is 76.0. The summed E-state index contributed by atoms with van der Waals surface area (Å²) in [7, 11) is 0. The molecule has 0 aromatic rings. The Morgan fingerprint density at radius 3 is 0.512 bits per heavy atom. The van der Waals surface area contributed by atoms with Crippen molar-refractivity contribution in [2.45, 2.75) is 66.7 Å². The van der Waals surface area contributed by atoms with Crippen molar-refractivity contribution in [2.24, 2.45) is 11.8 Å². The zero-order valence-electron chi connectivity index (χ0n) is 54.4. The van der Waals surface area contributed by atoms with Crippen LogP contribution in [0.2, 0.25) is 0 Å². The van der Waals surface area contributed by atoms with E-state index in [1.54, 1.807) is 0 Å². The van der Waals surface area contributed by atoms with Gasteiger partial charge in [-0.25, -0.2) is 0 Å². The molecule has 0 aliphatic rings. The number of ether oxygens (including phenoxy) is 23. The van der Waals surface area contributed by atoms with Crippen LogP contribution >= 0.6 is 0 Å². The number of amides is 1. The van der Waals surface area contributed by atoms with Gasteiger partial charge in [-0.05, 0) is 31.1 Å². The third-order valence-electron chi connectivity index (χ3n) is 11.6. The summed E-state index contributed by atoms with van der Waals surface area (Å²) < 4.78 is 127. The van der Waals surface area contributed by atoms with Crippen LogP contribution in [0.3, 0.4) is 0 Å². The standard InChI is InChI=1S/C61H123NO24/c1-6-7-13-64-15-17-66-19-21-68-23-25-70-27-29-72-31-33-74-35-37-76-39-41-78-43-45-80-47-49-82-51-53-84-55-57-86-58-56-85-54-52-83-50-48-81-46-44-79-42-40-77-38-36-75-34-32-73-30-28-71-26-24-69-22-20-67-18-16-65-14-10-61(63)62(11-8-59(2)3)12-9-60(4)5/h59-60H,6-58H2,1-5H3. The van der Waals surface area contributed by atoms with Gasteiger partial charge in [-0.3, -0.25) is 4.79 Å². The van der Waals surface area contributed by atoms with E-state index in [1.807, 2.05) is 4.90 Å². The molecule has 0 bridgehead atoms. The summed E-state index contributed by atoms with van der Waals surface area (Å²) in [6.07, 6.45) is 4.67. The lowest BCUT2D eigenvalue weighted by molar-refractivity contribution is -0.132. The summed E-state index contributed by atoms with van der Waals surface area (Å²) in [5.74, 6) is 1.32. The smallest absolute Gasteiger partial charge is 0.224 e. The van der Waals surface area contributed by atoms with Crippen LogP contribution in [0.4, 0.5) is 0 Å². The Morgan fingerprint density at radius 2 is 0.372 bits per heavy atom. The third-order valence-corrected chi connectivity index (χ3v) is 11.6. The van der Waals surface area contributed by atoms with E-state index >= 15 is 0 Å². The van der Waals surface area contributed by atoms with Crippen LogP contribution in [0.1, 0.15) is 66.7 Å². The summed E-state index contributed by atoms with van der Waals surface area (Å²) >= 11 is 0. The lowest BCUT2D eigenvalue weighted by Crippen LogP contribution is -2.34. The average Bonchev–Trinajstić information content (AvgIpc) is 3.55. The van der Waals surface area contributed by atoms with Crippen molar-refractivity contribution >= 4 is 5.91 Å². The zero-order valence-corrected chi connectivity index (χ0v) is 54.4. The van der Waals surface area contributed by atoms with Gasteiger partial charge in [0, 0.05) is 19.7 Å². The summed E-state index contributed by atoms with van der Waals surface area (Å²) in [6.45, 7) is 35.6. The average molecular weight is 1250 g/mol. The molecule has 1 amide bonds. The van der Waals surface area contributed by atoms with Gasteiger partial charge in [0.05, 0.1) is 304 Å². The first-order valence-corrected chi connectivity index (χ1v) is 32.0. The van der Waals surface area contributed by atoms with Crippen LogP contribution in [0, 0.1) is 11.8 Å². The van der Waals surface area contributed by atoms with Crippen molar-refractivity contribution in [3.05, 3.63) is 0 Å². The number of carbonyl (C=O) groups is 1. The van der Waals surface area contributed by atoms with Gasteiger partial charge in [-0.2, -0.15) is 0 Å². The summed E-state index contributed by atoms with van der Waals surface area (Å²) in [5, 5.41) is 0. The first-order chi connectivity index (χ1) is 42.5. The second-order valence-electron chi connectivity index (χ2n) is 19.9. The molecule has 0 heterocycles. The van der Waals surface area contributed by atoms with Gasteiger partial charge >= 0.3 is 0 Å². The number of nitrogens with zero attached hydrogens (tertiary/aromatic N) is 1. The van der Waals surface area contributed by atoms with Crippen molar-refractivity contribution in [1.29, 1.82) is 0 Å². The number of hydrogen-bond acceptors (Lipinski definition) is 24. The maximum Gasteiger partial charge on any atom is 0.224 e.